The number of hydrogen-bond acceptors (Lipinski definition) is 0. The Morgan fingerprint density at radius 3 is 3.00 bits per heavy atom. The van der Waals surface area contributed by atoms with Crippen molar-refractivity contribution in [3.63, 3.8) is 0 Å². The van der Waals surface area contributed by atoms with Crippen LogP contribution in [0.3, 0.4) is 0 Å². The first-order valence-corrected chi connectivity index (χ1v) is 4.41. The first-order chi connectivity index (χ1) is 6.42. The molecule has 1 aromatic rings. The minimum Gasteiger partial charge on any atom is -0.247 e. The molecule has 2 rings (SSSR count). The summed E-state index contributed by atoms with van der Waals surface area (Å²) in [4.78, 5) is 0. The maximum atomic E-state index is 11.9. The summed E-state index contributed by atoms with van der Waals surface area (Å²) in [5, 5.41) is 0. The van der Waals surface area contributed by atoms with Gasteiger partial charge in [-0.1, -0.05) is 48.6 Å². The fourth-order valence-electron chi connectivity index (χ4n) is 1.64. The Kier molecular flexibility index (Phi) is 2.26. The molecule has 1 aromatic carbocycles. The summed E-state index contributed by atoms with van der Waals surface area (Å²) < 4.78 is 11.9. The van der Waals surface area contributed by atoms with E-state index in [1.165, 1.54) is 11.1 Å². The molecule has 0 saturated heterocycles. The Hall–Kier alpha value is -1.37. The van der Waals surface area contributed by atoms with Crippen LogP contribution in [-0.2, 0) is 0 Å². The number of hydrogen-bond donors (Lipinski definition) is 0. The van der Waals surface area contributed by atoms with E-state index in [-0.39, 0.29) is 12.6 Å². The lowest BCUT2D eigenvalue weighted by atomic mass is 10.0. The maximum absolute atomic E-state index is 11.9. The zero-order valence-corrected chi connectivity index (χ0v) is 7.28. The van der Waals surface area contributed by atoms with Gasteiger partial charge in [0.05, 0.1) is 0 Å². The number of fused-ring (bicyclic) bond motifs is 1. The van der Waals surface area contributed by atoms with Crippen LogP contribution < -0.4 is 0 Å². The van der Waals surface area contributed by atoms with Crippen molar-refractivity contribution in [2.45, 2.75) is 5.92 Å². The fraction of sp³-hybridized carbons (Fsp3) is 0.167. The molecular formula is C12H11F. The predicted molar refractivity (Wildman–Crippen MR) is 53.3 cm³/mol. The van der Waals surface area contributed by atoms with Crippen molar-refractivity contribution >= 4 is 6.08 Å². The molecule has 0 saturated carbocycles. The van der Waals surface area contributed by atoms with Crippen LogP contribution in [0, 0.1) is 0 Å². The van der Waals surface area contributed by atoms with Gasteiger partial charge in [-0.15, -0.1) is 0 Å². The van der Waals surface area contributed by atoms with E-state index in [0.29, 0.717) is 0 Å². The molecule has 1 aliphatic carbocycles. The molecule has 0 fully saturated rings. The first kappa shape index (κ1) is 8.24. The molecule has 13 heavy (non-hydrogen) atoms. The van der Waals surface area contributed by atoms with Gasteiger partial charge in [-0.3, -0.25) is 0 Å². The van der Waals surface area contributed by atoms with Crippen molar-refractivity contribution in [2.75, 3.05) is 6.67 Å². The van der Waals surface area contributed by atoms with Crippen LogP contribution >= 0.6 is 0 Å². The highest BCUT2D eigenvalue weighted by Gasteiger charge is 2.12. The van der Waals surface area contributed by atoms with Crippen molar-refractivity contribution in [3.05, 3.63) is 53.6 Å². The van der Waals surface area contributed by atoms with Crippen molar-refractivity contribution in [3.8, 4) is 0 Å². The topological polar surface area (TPSA) is 0 Å². The summed E-state index contributed by atoms with van der Waals surface area (Å²) in [5.41, 5.74) is 2.52. The lowest BCUT2D eigenvalue weighted by Crippen LogP contribution is -1.87. The van der Waals surface area contributed by atoms with Crippen LogP contribution in [-0.4, -0.2) is 6.67 Å². The highest BCUT2D eigenvalue weighted by Crippen LogP contribution is 2.30. The maximum Gasteiger partial charge on any atom is 0.108 e. The third-order valence-corrected chi connectivity index (χ3v) is 2.27. The molecule has 0 amide bonds. The van der Waals surface area contributed by atoms with Gasteiger partial charge >= 0.3 is 0 Å². The van der Waals surface area contributed by atoms with Crippen LogP contribution in [0.1, 0.15) is 17.0 Å². The highest BCUT2D eigenvalue weighted by atomic mass is 19.1. The summed E-state index contributed by atoms with van der Waals surface area (Å²) in [6.45, 7) is -0.382. The highest BCUT2D eigenvalue weighted by molar-refractivity contribution is 5.63. The second kappa shape index (κ2) is 3.56. The van der Waals surface area contributed by atoms with Crippen LogP contribution in [0.5, 0.6) is 0 Å². The minimum atomic E-state index is -0.382. The van der Waals surface area contributed by atoms with Gasteiger partial charge in [-0.05, 0) is 11.1 Å². The quantitative estimate of drug-likeness (QED) is 0.603. The Morgan fingerprint density at radius 1 is 1.31 bits per heavy atom. The van der Waals surface area contributed by atoms with Gasteiger partial charge < -0.3 is 0 Å². The largest absolute Gasteiger partial charge is 0.247 e. The van der Waals surface area contributed by atoms with E-state index in [9.17, 15) is 4.39 Å². The van der Waals surface area contributed by atoms with Crippen molar-refractivity contribution in [2.24, 2.45) is 0 Å². The Bertz CT molecular complexity index is 350. The normalized spacial score (nSPS) is 19.6. The number of allylic oxidation sites excluding steroid dienone is 3. The van der Waals surface area contributed by atoms with E-state index in [4.69, 9.17) is 0 Å². The van der Waals surface area contributed by atoms with Gasteiger partial charge in [0.2, 0.25) is 0 Å². The second-order valence-electron chi connectivity index (χ2n) is 3.10. The SMILES string of the molecule is FCC=CC1C=Cc2ccccc21. The van der Waals surface area contributed by atoms with Gasteiger partial charge in [0.1, 0.15) is 6.67 Å². The molecular weight excluding hydrogens is 163 g/mol. The average molecular weight is 174 g/mol. The van der Waals surface area contributed by atoms with Gasteiger partial charge in [0.25, 0.3) is 0 Å². The summed E-state index contributed by atoms with van der Waals surface area (Å²) in [6.07, 6.45) is 7.65. The van der Waals surface area contributed by atoms with Gasteiger partial charge in [0, 0.05) is 5.92 Å². The monoisotopic (exact) mass is 174 g/mol. The zero-order valence-electron chi connectivity index (χ0n) is 7.28. The Labute approximate surface area is 77.4 Å². The summed E-state index contributed by atoms with van der Waals surface area (Å²) in [7, 11) is 0. The molecule has 1 heteroatoms. The van der Waals surface area contributed by atoms with Gasteiger partial charge in [0.15, 0.2) is 0 Å². The smallest absolute Gasteiger partial charge is 0.108 e. The molecule has 1 unspecified atom stereocenters. The van der Waals surface area contributed by atoms with Crippen LogP contribution in [0.25, 0.3) is 6.08 Å². The zero-order chi connectivity index (χ0) is 9.10. The second-order valence-corrected chi connectivity index (χ2v) is 3.10. The number of benzene rings is 1. The first-order valence-electron chi connectivity index (χ1n) is 4.41. The Balaban J connectivity index is 2.28. The van der Waals surface area contributed by atoms with E-state index < -0.39 is 0 Å². The van der Waals surface area contributed by atoms with E-state index in [1.54, 1.807) is 6.08 Å². The molecule has 0 spiro atoms. The third-order valence-electron chi connectivity index (χ3n) is 2.27. The minimum absolute atomic E-state index is 0.270. The molecule has 1 atom stereocenters. The molecule has 66 valence electrons. The van der Waals surface area contributed by atoms with E-state index >= 15 is 0 Å². The number of rotatable bonds is 2. The van der Waals surface area contributed by atoms with Gasteiger partial charge in [-0.2, -0.15) is 0 Å². The van der Waals surface area contributed by atoms with Crippen LogP contribution in [0.15, 0.2) is 42.5 Å². The molecule has 0 heterocycles. The molecule has 0 radical (unpaired) electrons. The molecule has 0 N–H and O–H groups in total. The molecule has 0 bridgehead atoms. The van der Waals surface area contributed by atoms with E-state index in [1.807, 2.05) is 18.2 Å². The Morgan fingerprint density at radius 2 is 2.15 bits per heavy atom. The average Bonchev–Trinajstić information content (AvgIpc) is 2.58. The van der Waals surface area contributed by atoms with Crippen LogP contribution in [0.4, 0.5) is 4.39 Å². The van der Waals surface area contributed by atoms with Crippen molar-refractivity contribution in [1.82, 2.24) is 0 Å². The molecule has 0 aromatic heterocycles. The lowest BCUT2D eigenvalue weighted by Gasteiger charge is -2.04. The van der Waals surface area contributed by atoms with Crippen LogP contribution in [0.2, 0.25) is 0 Å². The standard InChI is InChI=1S/C12H11F/c13-9-3-5-11-8-7-10-4-1-2-6-12(10)11/h1-8,11H,9H2. The number of halogens is 1. The predicted octanol–water partition coefficient (Wildman–Crippen LogP) is 3.32. The third kappa shape index (κ3) is 1.55. The summed E-state index contributed by atoms with van der Waals surface area (Å²) >= 11 is 0. The molecule has 1 aliphatic rings. The van der Waals surface area contributed by atoms with Crippen molar-refractivity contribution < 1.29 is 4.39 Å². The summed E-state index contributed by atoms with van der Waals surface area (Å²) in [5.74, 6) is 0.270. The molecule has 0 nitrogen and oxygen atoms in total. The molecule has 0 aliphatic heterocycles. The van der Waals surface area contributed by atoms with Crippen molar-refractivity contribution in [1.29, 1.82) is 0 Å². The van der Waals surface area contributed by atoms with Gasteiger partial charge in [-0.25, -0.2) is 4.39 Å². The lowest BCUT2D eigenvalue weighted by molar-refractivity contribution is 0.560. The van der Waals surface area contributed by atoms with E-state index in [0.717, 1.165) is 0 Å². The fourth-order valence-corrected chi connectivity index (χ4v) is 1.64. The summed E-state index contributed by atoms with van der Waals surface area (Å²) in [6, 6.07) is 8.20. The van der Waals surface area contributed by atoms with E-state index in [2.05, 4.69) is 24.3 Å². The number of alkyl halides is 1.